The zero-order valence-electron chi connectivity index (χ0n) is 17.8. The molecule has 0 saturated carbocycles. The third kappa shape index (κ3) is 7.06. The smallest absolute Gasteiger partial charge is 0.244 e. The van der Waals surface area contributed by atoms with Gasteiger partial charge in [-0.1, -0.05) is 24.3 Å². The van der Waals surface area contributed by atoms with Gasteiger partial charge in [0, 0.05) is 19.6 Å². The molecule has 1 amide bonds. The Hall–Kier alpha value is -1.89. The summed E-state index contributed by atoms with van der Waals surface area (Å²) in [6.45, 7) is 4.24. The summed E-state index contributed by atoms with van der Waals surface area (Å²) in [4.78, 5) is 14.0. The first kappa shape index (κ1) is 24.7. The van der Waals surface area contributed by atoms with E-state index in [4.69, 9.17) is 9.47 Å². The Morgan fingerprint density at radius 2 is 1.97 bits per heavy atom. The Morgan fingerprint density at radius 1 is 1.22 bits per heavy atom. The molecule has 1 fully saturated rings. The second-order valence-corrected chi connectivity index (χ2v) is 9.40. The van der Waals surface area contributed by atoms with Gasteiger partial charge >= 0.3 is 0 Å². The van der Waals surface area contributed by atoms with Gasteiger partial charge in [-0.3, -0.25) is 9.69 Å². The first-order valence-corrected chi connectivity index (χ1v) is 12.2. The lowest BCUT2D eigenvalue weighted by molar-refractivity contribution is -0.125. The van der Waals surface area contributed by atoms with E-state index in [1.807, 2.05) is 0 Å². The van der Waals surface area contributed by atoms with E-state index in [1.165, 1.54) is 18.2 Å². The highest BCUT2D eigenvalue weighted by molar-refractivity contribution is 7.89. The molecule has 32 heavy (non-hydrogen) atoms. The summed E-state index contributed by atoms with van der Waals surface area (Å²) < 4.78 is 52.2. The van der Waals surface area contributed by atoms with Crippen LogP contribution in [0.3, 0.4) is 0 Å². The molecule has 2 heterocycles. The summed E-state index contributed by atoms with van der Waals surface area (Å²) in [6.07, 6.45) is 2.48. The van der Waals surface area contributed by atoms with E-state index < -0.39 is 45.6 Å². The van der Waals surface area contributed by atoms with Gasteiger partial charge in [0.05, 0.1) is 38.4 Å². The molecule has 1 saturated heterocycles. The van der Waals surface area contributed by atoms with Crippen molar-refractivity contribution in [2.24, 2.45) is 0 Å². The van der Waals surface area contributed by atoms with Crippen molar-refractivity contribution in [1.82, 2.24) is 14.9 Å². The molecule has 1 aromatic carbocycles. The number of nitrogens with one attached hydrogen (secondary N) is 2. The predicted octanol–water partition coefficient (Wildman–Crippen LogP) is 0.0171. The molecular weight excluding hydrogens is 441 g/mol. The quantitative estimate of drug-likeness (QED) is 0.325. The van der Waals surface area contributed by atoms with Crippen molar-refractivity contribution in [3.8, 4) is 0 Å². The first-order chi connectivity index (χ1) is 15.4. The summed E-state index contributed by atoms with van der Waals surface area (Å²) in [5, 5.41) is 12.5. The molecule has 178 valence electrons. The Balaban J connectivity index is 1.47. The van der Waals surface area contributed by atoms with Crippen LogP contribution in [0.15, 0.2) is 41.3 Å². The van der Waals surface area contributed by atoms with Crippen molar-refractivity contribution in [2.45, 2.75) is 36.0 Å². The van der Waals surface area contributed by atoms with E-state index >= 15 is 0 Å². The highest BCUT2D eigenvalue weighted by Gasteiger charge is 2.32. The van der Waals surface area contributed by atoms with Crippen molar-refractivity contribution < 1.29 is 32.2 Å². The molecule has 2 aliphatic heterocycles. The second-order valence-electron chi connectivity index (χ2n) is 7.72. The van der Waals surface area contributed by atoms with Crippen LogP contribution in [-0.2, 0) is 24.3 Å². The van der Waals surface area contributed by atoms with Crippen LogP contribution in [0.5, 0.6) is 0 Å². The van der Waals surface area contributed by atoms with Crippen molar-refractivity contribution in [1.29, 1.82) is 0 Å². The van der Waals surface area contributed by atoms with Crippen LogP contribution in [0.1, 0.15) is 12.8 Å². The first-order valence-electron chi connectivity index (χ1n) is 10.7. The van der Waals surface area contributed by atoms with Gasteiger partial charge in [0.15, 0.2) is 0 Å². The molecule has 11 heteroatoms. The van der Waals surface area contributed by atoms with Crippen LogP contribution in [0.4, 0.5) is 4.39 Å². The summed E-state index contributed by atoms with van der Waals surface area (Å²) in [5.74, 6) is -1.06. The van der Waals surface area contributed by atoms with Gasteiger partial charge in [-0.05, 0) is 25.1 Å². The van der Waals surface area contributed by atoms with Crippen LogP contribution in [0, 0.1) is 5.82 Å². The number of rotatable bonds is 10. The van der Waals surface area contributed by atoms with E-state index in [1.54, 1.807) is 6.08 Å². The summed E-state index contributed by atoms with van der Waals surface area (Å²) in [5.41, 5.74) is 0. The van der Waals surface area contributed by atoms with Crippen molar-refractivity contribution in [3.05, 3.63) is 42.2 Å². The maximum Gasteiger partial charge on any atom is 0.244 e. The van der Waals surface area contributed by atoms with Gasteiger partial charge in [0.25, 0.3) is 0 Å². The van der Waals surface area contributed by atoms with Crippen molar-refractivity contribution >= 4 is 15.9 Å². The lowest BCUT2D eigenvalue weighted by Gasteiger charge is -2.31. The number of aliphatic hydroxyl groups excluding tert-OH is 1. The van der Waals surface area contributed by atoms with E-state index in [0.29, 0.717) is 6.54 Å². The number of carbonyl (C=O) groups excluding carboxylic acids is 1. The number of halogens is 1. The fourth-order valence-electron chi connectivity index (χ4n) is 3.63. The average molecular weight is 472 g/mol. The number of hydrogen-bond acceptors (Lipinski definition) is 7. The Morgan fingerprint density at radius 3 is 2.69 bits per heavy atom. The van der Waals surface area contributed by atoms with Crippen LogP contribution in [0.2, 0.25) is 0 Å². The molecule has 1 aromatic rings. The van der Waals surface area contributed by atoms with Gasteiger partial charge in [-0.25, -0.2) is 17.5 Å². The van der Waals surface area contributed by atoms with Crippen LogP contribution < -0.4 is 10.0 Å². The largest absolute Gasteiger partial charge is 0.394 e. The number of morpholine rings is 1. The molecule has 9 nitrogen and oxygen atoms in total. The molecule has 0 bridgehead atoms. The second kappa shape index (κ2) is 11.8. The molecule has 3 rings (SSSR count). The molecule has 0 aromatic heterocycles. The molecular formula is C21H30FN3O6S. The Bertz CT molecular complexity index is 891. The zero-order valence-corrected chi connectivity index (χ0v) is 18.6. The number of sulfonamides is 1. The Labute approximate surface area is 187 Å². The fourth-order valence-corrected chi connectivity index (χ4v) is 4.92. The maximum atomic E-state index is 13.9. The lowest BCUT2D eigenvalue weighted by atomic mass is 10.1. The van der Waals surface area contributed by atoms with Gasteiger partial charge in [0.1, 0.15) is 16.8 Å². The molecule has 2 aliphatic rings. The number of amides is 1. The highest BCUT2D eigenvalue weighted by atomic mass is 32.2. The van der Waals surface area contributed by atoms with Gasteiger partial charge in [0.2, 0.25) is 15.9 Å². The van der Waals surface area contributed by atoms with Crippen LogP contribution >= 0.6 is 0 Å². The molecule has 0 unspecified atom stereocenters. The normalized spacial score (nSPS) is 24.4. The molecule has 3 atom stereocenters. The number of carbonyl (C=O) groups is 1. The topological polar surface area (TPSA) is 117 Å². The highest BCUT2D eigenvalue weighted by Crippen LogP contribution is 2.19. The number of nitrogens with zero attached hydrogens (tertiary/aromatic N) is 1. The maximum absolute atomic E-state index is 13.9. The minimum atomic E-state index is -4.16. The van der Waals surface area contributed by atoms with E-state index in [0.717, 1.165) is 51.4 Å². The molecule has 0 radical (unpaired) electrons. The van der Waals surface area contributed by atoms with Gasteiger partial charge < -0.3 is 19.9 Å². The van der Waals surface area contributed by atoms with Gasteiger partial charge in [-0.2, -0.15) is 0 Å². The van der Waals surface area contributed by atoms with E-state index in [9.17, 15) is 22.7 Å². The van der Waals surface area contributed by atoms with Crippen LogP contribution in [0.25, 0.3) is 0 Å². The number of benzene rings is 1. The number of hydrogen-bond donors (Lipinski definition) is 3. The van der Waals surface area contributed by atoms with E-state index in [2.05, 4.69) is 14.9 Å². The monoisotopic (exact) mass is 471 g/mol. The van der Waals surface area contributed by atoms with Crippen LogP contribution in [-0.4, -0.2) is 88.6 Å². The lowest BCUT2D eigenvalue weighted by Crippen LogP contribution is -2.49. The van der Waals surface area contributed by atoms with E-state index in [-0.39, 0.29) is 12.3 Å². The van der Waals surface area contributed by atoms with Gasteiger partial charge in [-0.15, -0.1) is 0 Å². The summed E-state index contributed by atoms with van der Waals surface area (Å²) in [7, 11) is -4.16. The molecule has 3 N–H and O–H groups in total. The molecule has 0 aliphatic carbocycles. The minimum absolute atomic E-state index is 0.0529. The average Bonchev–Trinajstić information content (AvgIpc) is 2.78. The number of ether oxygens (including phenoxy) is 2. The number of aliphatic hydroxyl groups is 1. The third-order valence-corrected chi connectivity index (χ3v) is 6.84. The predicted molar refractivity (Wildman–Crippen MR) is 115 cm³/mol. The fraction of sp³-hybridized carbons (Fsp3) is 0.571. The third-order valence-electron chi connectivity index (χ3n) is 5.34. The summed E-state index contributed by atoms with van der Waals surface area (Å²) >= 11 is 0. The summed E-state index contributed by atoms with van der Waals surface area (Å²) in [6, 6.07) is 4.14. The molecule has 0 spiro atoms. The SMILES string of the molecule is O=C(C[C@@H]1C=C[C@H](NS(=O)(=O)c2ccccc2F)[C@H](CO)O1)NCCCN1CCOCC1. The minimum Gasteiger partial charge on any atom is -0.394 e. The zero-order chi connectivity index (χ0) is 23.0. The van der Waals surface area contributed by atoms with Crippen molar-refractivity contribution in [2.75, 3.05) is 46.0 Å². The standard InChI is InChI=1S/C21H30FN3O6S/c22-17-4-1-2-5-20(17)32(28,29)24-18-7-6-16(31-19(18)15-26)14-21(27)23-8-3-9-25-10-12-30-13-11-25/h1-2,4-7,16,18-19,24,26H,3,8-15H2,(H,23,27)/t16-,18-,19-/m0/s1. The Kier molecular flexibility index (Phi) is 9.14. The van der Waals surface area contributed by atoms with Crippen molar-refractivity contribution in [3.63, 3.8) is 0 Å².